The molecule has 0 atom stereocenters. The number of aliphatic hydroxyl groups excluding tert-OH is 1. The minimum Gasteiger partial charge on any atom is -0.508 e. The molecule has 0 aliphatic heterocycles. The van der Waals surface area contributed by atoms with E-state index < -0.39 is 0 Å². The molecule has 1 rings (SSSR count). The summed E-state index contributed by atoms with van der Waals surface area (Å²) >= 11 is 0. The van der Waals surface area contributed by atoms with Gasteiger partial charge in [0.25, 0.3) is 0 Å². The number of phenols is 1. The van der Waals surface area contributed by atoms with Gasteiger partial charge in [0.2, 0.25) is 0 Å². The lowest BCUT2D eigenvalue weighted by Crippen LogP contribution is -2.10. The van der Waals surface area contributed by atoms with Crippen molar-refractivity contribution in [2.45, 2.75) is 72.6 Å². The van der Waals surface area contributed by atoms with Gasteiger partial charge in [-0.1, -0.05) is 43.1 Å². The molecular weight excluding hydrogens is 364 g/mol. The second kappa shape index (κ2) is 15.1. The Morgan fingerprint density at radius 3 is 2.52 bits per heavy atom. The lowest BCUT2D eigenvalue weighted by molar-refractivity contribution is 0.0702. The molecule has 164 valence electrons. The molecule has 0 heterocycles. The van der Waals surface area contributed by atoms with Crippen LogP contribution in [0.5, 0.6) is 11.5 Å². The topological polar surface area (TPSA) is 58.9 Å². The van der Waals surface area contributed by atoms with E-state index in [1.54, 1.807) is 0 Å². The number of allylic oxidation sites excluding steroid dienone is 4. The Labute approximate surface area is 177 Å². The van der Waals surface area contributed by atoms with Gasteiger partial charge in [0.15, 0.2) is 0 Å². The Hall–Kier alpha value is -1.78. The van der Waals surface area contributed by atoms with Crippen molar-refractivity contribution in [2.24, 2.45) is 0 Å². The van der Waals surface area contributed by atoms with E-state index in [2.05, 4.69) is 45.9 Å². The van der Waals surface area contributed by atoms with Gasteiger partial charge in [-0.15, -0.1) is 0 Å². The quantitative estimate of drug-likeness (QED) is 0.289. The number of aryl methyl sites for hydroxylation is 1. The van der Waals surface area contributed by atoms with Crippen LogP contribution < -0.4 is 4.74 Å². The number of hydrogen-bond donors (Lipinski definition) is 2. The number of hydrogen-bond acceptors (Lipinski definition) is 4. The highest BCUT2D eigenvalue weighted by Crippen LogP contribution is 2.32. The first kappa shape index (κ1) is 25.3. The third kappa shape index (κ3) is 11.1. The predicted octanol–water partition coefficient (Wildman–Crippen LogP) is 5.75. The Morgan fingerprint density at radius 1 is 1.03 bits per heavy atom. The van der Waals surface area contributed by atoms with E-state index in [4.69, 9.17) is 14.6 Å². The number of unbranched alkanes of at least 4 members (excludes halogenated alkanes) is 2. The fraction of sp³-hybridized carbons (Fsp3) is 0.600. The smallest absolute Gasteiger partial charge is 0.126 e. The fourth-order valence-electron chi connectivity index (χ4n) is 3.09. The Bertz CT molecular complexity index is 642. The van der Waals surface area contributed by atoms with E-state index in [1.165, 1.54) is 24.0 Å². The van der Waals surface area contributed by atoms with Crippen molar-refractivity contribution in [3.05, 3.63) is 46.6 Å². The van der Waals surface area contributed by atoms with Crippen LogP contribution in [0.15, 0.2) is 35.4 Å². The maximum atomic E-state index is 10.6. The molecule has 1 aromatic rings. The maximum absolute atomic E-state index is 10.6. The summed E-state index contributed by atoms with van der Waals surface area (Å²) in [5.41, 5.74) is 4.59. The van der Waals surface area contributed by atoms with E-state index in [0.717, 1.165) is 42.6 Å². The molecule has 0 bridgehead atoms. The number of rotatable bonds is 15. The summed E-state index contributed by atoms with van der Waals surface area (Å²) in [4.78, 5) is 0. The number of benzene rings is 1. The molecule has 1 aromatic carbocycles. The standard InChI is InChI=1S/C25H40O4/c1-5-6-7-11-22-18-24(27)23(13-12-21(4)10-8-9-20(2)3)25(19-22)29-17-16-28-15-14-26/h9,12,18-19,26-27H,5-8,10-11,13-17H2,1-4H3/b21-12+. The summed E-state index contributed by atoms with van der Waals surface area (Å²) in [6.07, 6.45) is 11.5. The van der Waals surface area contributed by atoms with Crippen molar-refractivity contribution in [1.29, 1.82) is 0 Å². The molecule has 0 saturated heterocycles. The molecule has 0 aliphatic carbocycles. The molecule has 0 aromatic heterocycles. The van der Waals surface area contributed by atoms with Gasteiger partial charge in [-0.25, -0.2) is 0 Å². The van der Waals surface area contributed by atoms with Crippen LogP contribution in [-0.2, 0) is 17.6 Å². The van der Waals surface area contributed by atoms with Crippen LogP contribution in [0.25, 0.3) is 0 Å². The molecular formula is C25H40O4. The molecule has 0 spiro atoms. The third-order valence-electron chi connectivity index (χ3n) is 4.78. The summed E-state index contributed by atoms with van der Waals surface area (Å²) in [6, 6.07) is 3.94. The lowest BCUT2D eigenvalue weighted by Gasteiger charge is -2.15. The summed E-state index contributed by atoms with van der Waals surface area (Å²) in [5, 5.41) is 19.5. The molecule has 4 heteroatoms. The molecule has 4 nitrogen and oxygen atoms in total. The van der Waals surface area contributed by atoms with Crippen LogP contribution in [0.4, 0.5) is 0 Å². The van der Waals surface area contributed by atoms with E-state index in [1.807, 2.05) is 6.07 Å². The largest absolute Gasteiger partial charge is 0.508 e. The van der Waals surface area contributed by atoms with Crippen molar-refractivity contribution in [1.82, 2.24) is 0 Å². The first-order valence-electron chi connectivity index (χ1n) is 10.9. The molecule has 0 fully saturated rings. The van der Waals surface area contributed by atoms with Crippen LogP contribution in [0.2, 0.25) is 0 Å². The van der Waals surface area contributed by atoms with Gasteiger partial charge in [0, 0.05) is 5.56 Å². The molecule has 0 aliphatic rings. The molecule has 0 amide bonds. The van der Waals surface area contributed by atoms with Crippen molar-refractivity contribution in [2.75, 3.05) is 26.4 Å². The highest BCUT2D eigenvalue weighted by Gasteiger charge is 2.11. The van der Waals surface area contributed by atoms with Crippen molar-refractivity contribution >= 4 is 0 Å². The Kier molecular flexibility index (Phi) is 13.2. The number of phenolic OH excluding ortho intramolecular Hbond substituents is 1. The van der Waals surface area contributed by atoms with Crippen LogP contribution in [0, 0.1) is 0 Å². The molecule has 29 heavy (non-hydrogen) atoms. The van der Waals surface area contributed by atoms with Crippen molar-refractivity contribution < 1.29 is 19.7 Å². The molecule has 0 radical (unpaired) electrons. The highest BCUT2D eigenvalue weighted by atomic mass is 16.5. The average molecular weight is 405 g/mol. The number of aliphatic hydroxyl groups is 1. The van der Waals surface area contributed by atoms with Gasteiger partial charge in [0.05, 0.1) is 19.8 Å². The molecule has 0 saturated carbocycles. The van der Waals surface area contributed by atoms with Crippen LogP contribution >= 0.6 is 0 Å². The monoisotopic (exact) mass is 404 g/mol. The fourth-order valence-corrected chi connectivity index (χ4v) is 3.09. The summed E-state index contributed by atoms with van der Waals surface area (Å²) in [6.45, 7) is 9.69. The van der Waals surface area contributed by atoms with Crippen LogP contribution in [0.3, 0.4) is 0 Å². The van der Waals surface area contributed by atoms with Gasteiger partial charge in [-0.3, -0.25) is 0 Å². The summed E-state index contributed by atoms with van der Waals surface area (Å²) < 4.78 is 11.2. The first-order valence-corrected chi connectivity index (χ1v) is 10.9. The van der Waals surface area contributed by atoms with E-state index in [9.17, 15) is 5.11 Å². The summed E-state index contributed by atoms with van der Waals surface area (Å²) in [5.74, 6) is 1.04. The lowest BCUT2D eigenvalue weighted by atomic mass is 10.00. The van der Waals surface area contributed by atoms with Gasteiger partial charge in [-0.2, -0.15) is 0 Å². The third-order valence-corrected chi connectivity index (χ3v) is 4.78. The number of ether oxygens (including phenoxy) is 2. The highest BCUT2D eigenvalue weighted by molar-refractivity contribution is 5.48. The summed E-state index contributed by atoms with van der Waals surface area (Å²) in [7, 11) is 0. The second-order valence-electron chi connectivity index (χ2n) is 7.81. The van der Waals surface area contributed by atoms with E-state index in [0.29, 0.717) is 32.0 Å². The maximum Gasteiger partial charge on any atom is 0.126 e. The predicted molar refractivity (Wildman–Crippen MR) is 121 cm³/mol. The minimum absolute atomic E-state index is 0.00969. The van der Waals surface area contributed by atoms with E-state index in [-0.39, 0.29) is 6.61 Å². The minimum atomic E-state index is 0.00969. The first-order chi connectivity index (χ1) is 14.0. The Morgan fingerprint density at radius 2 is 1.83 bits per heavy atom. The normalized spacial score (nSPS) is 11.6. The Balaban J connectivity index is 2.86. The zero-order valence-corrected chi connectivity index (χ0v) is 18.8. The van der Waals surface area contributed by atoms with Crippen LogP contribution in [0.1, 0.15) is 70.9 Å². The van der Waals surface area contributed by atoms with Gasteiger partial charge >= 0.3 is 0 Å². The van der Waals surface area contributed by atoms with Crippen LogP contribution in [-0.4, -0.2) is 36.6 Å². The average Bonchev–Trinajstić information content (AvgIpc) is 2.67. The van der Waals surface area contributed by atoms with Gasteiger partial charge in [-0.05, 0) is 70.6 Å². The van der Waals surface area contributed by atoms with Crippen molar-refractivity contribution in [3.63, 3.8) is 0 Å². The SMILES string of the molecule is CCCCCc1cc(O)c(C/C=C(\C)CCC=C(C)C)c(OCCOCCO)c1. The molecule has 0 unspecified atom stereocenters. The van der Waals surface area contributed by atoms with E-state index >= 15 is 0 Å². The van der Waals surface area contributed by atoms with Gasteiger partial charge < -0.3 is 19.7 Å². The number of aromatic hydroxyl groups is 1. The zero-order valence-electron chi connectivity index (χ0n) is 18.8. The van der Waals surface area contributed by atoms with Gasteiger partial charge in [0.1, 0.15) is 18.1 Å². The second-order valence-corrected chi connectivity index (χ2v) is 7.81. The van der Waals surface area contributed by atoms with Crippen molar-refractivity contribution in [3.8, 4) is 11.5 Å². The molecule has 2 N–H and O–H groups in total. The zero-order chi connectivity index (χ0) is 21.5.